The second-order valence-electron chi connectivity index (χ2n) is 7.46. The number of rotatable bonds is 2. The molecule has 0 radical (unpaired) electrons. The third-order valence-electron chi connectivity index (χ3n) is 5.49. The third kappa shape index (κ3) is 2.68. The Bertz CT molecular complexity index is 1330. The number of aromatic nitrogens is 1. The van der Waals surface area contributed by atoms with Crippen LogP contribution in [0, 0.1) is 11.7 Å². The van der Waals surface area contributed by atoms with E-state index >= 15 is 0 Å². The number of nitrogens with zero attached hydrogens (tertiary/aromatic N) is 2. The Labute approximate surface area is 169 Å². The lowest BCUT2D eigenvalue weighted by atomic mass is 9.79. The molecule has 2 aromatic carbocycles. The Morgan fingerprint density at radius 1 is 1.24 bits per heavy atom. The van der Waals surface area contributed by atoms with E-state index in [1.807, 2.05) is 24.3 Å². The predicted molar refractivity (Wildman–Crippen MR) is 107 cm³/mol. The third-order valence-corrected chi connectivity index (χ3v) is 6.47. The molecule has 3 aromatic rings. The van der Waals surface area contributed by atoms with E-state index in [1.54, 1.807) is 29.7 Å². The van der Waals surface area contributed by atoms with Crippen molar-refractivity contribution >= 4 is 23.2 Å². The topological polar surface area (TPSA) is 60.7 Å². The zero-order valence-electron chi connectivity index (χ0n) is 15.8. The fourth-order valence-electron chi connectivity index (χ4n) is 4.27. The molecule has 146 valence electrons. The maximum Gasteiger partial charge on any atom is 0.270 e. The maximum atomic E-state index is 13.3. The summed E-state index contributed by atoms with van der Waals surface area (Å²) in [6.45, 7) is 3.30. The Balaban J connectivity index is 1.80. The highest BCUT2D eigenvalue weighted by atomic mass is 32.1. The normalized spacial score (nSPS) is 24.9. The Kier molecular flexibility index (Phi) is 3.86. The van der Waals surface area contributed by atoms with Crippen molar-refractivity contribution in [2.45, 2.75) is 25.6 Å². The van der Waals surface area contributed by atoms with Crippen LogP contribution in [0.15, 0.2) is 58.3 Å². The summed E-state index contributed by atoms with van der Waals surface area (Å²) in [6, 6.07) is 12.9. The molecule has 3 heterocycles. The minimum Gasteiger partial charge on any atom is -0.465 e. The molecule has 5 nitrogen and oxygen atoms in total. The number of fused-ring (bicyclic) bond motifs is 6. The van der Waals surface area contributed by atoms with Gasteiger partial charge in [0.05, 0.1) is 10.6 Å². The van der Waals surface area contributed by atoms with Crippen LogP contribution < -0.4 is 19.6 Å². The highest BCUT2D eigenvalue weighted by Gasteiger charge is 2.53. The quantitative estimate of drug-likeness (QED) is 0.654. The Morgan fingerprint density at radius 2 is 1.97 bits per heavy atom. The van der Waals surface area contributed by atoms with E-state index < -0.39 is 17.7 Å². The molecule has 0 amide bonds. The van der Waals surface area contributed by atoms with Crippen LogP contribution >= 0.6 is 11.3 Å². The summed E-state index contributed by atoms with van der Waals surface area (Å²) >= 11 is 1.25. The van der Waals surface area contributed by atoms with Crippen LogP contribution in [0.1, 0.15) is 31.0 Å². The summed E-state index contributed by atoms with van der Waals surface area (Å²) in [4.78, 5) is 31.1. The smallest absolute Gasteiger partial charge is 0.270 e. The zero-order valence-corrected chi connectivity index (χ0v) is 16.6. The van der Waals surface area contributed by atoms with Crippen LogP contribution in [0.25, 0.3) is 6.08 Å². The predicted octanol–water partition coefficient (Wildman–Crippen LogP) is 2.41. The van der Waals surface area contributed by atoms with E-state index in [1.165, 1.54) is 30.4 Å². The fourth-order valence-corrected chi connectivity index (χ4v) is 5.37. The number of ether oxygens (including phenoxy) is 1. The van der Waals surface area contributed by atoms with Crippen molar-refractivity contribution in [3.63, 3.8) is 0 Å². The number of carbonyl (C=O) groups is 1. The molecule has 7 heteroatoms. The summed E-state index contributed by atoms with van der Waals surface area (Å²) in [5, 5.41) is 0. The number of thiazole rings is 1. The molecule has 0 fully saturated rings. The summed E-state index contributed by atoms with van der Waals surface area (Å²) in [5.41, 5.74) is 0.231. The first-order chi connectivity index (χ1) is 13.9. The number of halogens is 1. The van der Waals surface area contributed by atoms with Crippen LogP contribution in [-0.2, 0) is 4.79 Å². The Hall–Kier alpha value is -3.06. The van der Waals surface area contributed by atoms with Gasteiger partial charge in [-0.3, -0.25) is 14.2 Å². The van der Waals surface area contributed by atoms with Gasteiger partial charge in [0, 0.05) is 5.56 Å². The van der Waals surface area contributed by atoms with E-state index in [9.17, 15) is 14.0 Å². The molecule has 2 bridgehead atoms. The summed E-state index contributed by atoms with van der Waals surface area (Å²) < 4.78 is 21.4. The van der Waals surface area contributed by atoms with Crippen molar-refractivity contribution in [2.75, 3.05) is 0 Å². The molecule has 29 heavy (non-hydrogen) atoms. The van der Waals surface area contributed by atoms with Gasteiger partial charge < -0.3 is 4.74 Å². The molecule has 0 saturated heterocycles. The minimum absolute atomic E-state index is 0.0800. The number of Topliss-reactive ketones (excluding diaryl/α,β-unsaturated/α-hetero) is 1. The zero-order chi connectivity index (χ0) is 20.3. The van der Waals surface area contributed by atoms with E-state index in [-0.39, 0.29) is 17.2 Å². The lowest BCUT2D eigenvalue weighted by molar-refractivity contribution is -0.132. The largest absolute Gasteiger partial charge is 0.465 e. The van der Waals surface area contributed by atoms with Gasteiger partial charge in [-0.05, 0) is 43.7 Å². The van der Waals surface area contributed by atoms with Crippen molar-refractivity contribution in [1.29, 1.82) is 0 Å². The highest BCUT2D eigenvalue weighted by Crippen LogP contribution is 2.47. The molecule has 0 saturated carbocycles. The van der Waals surface area contributed by atoms with Crippen LogP contribution in [0.3, 0.4) is 0 Å². The molecule has 1 aromatic heterocycles. The number of carbonyl (C=O) groups excluding carboxylic acids is 1. The molecule has 2 aliphatic rings. The first-order valence-electron chi connectivity index (χ1n) is 9.24. The first kappa shape index (κ1) is 18.0. The lowest BCUT2D eigenvalue weighted by Crippen LogP contribution is -2.58. The Morgan fingerprint density at radius 3 is 2.69 bits per heavy atom. The van der Waals surface area contributed by atoms with Gasteiger partial charge in [0.1, 0.15) is 23.3 Å². The van der Waals surface area contributed by atoms with Gasteiger partial charge in [-0.1, -0.05) is 41.7 Å². The molecular formula is C22H17FN2O3S. The van der Waals surface area contributed by atoms with Gasteiger partial charge in [-0.2, -0.15) is 0 Å². The molecular weight excluding hydrogens is 391 g/mol. The van der Waals surface area contributed by atoms with Gasteiger partial charge in [0.15, 0.2) is 4.80 Å². The maximum absolute atomic E-state index is 13.3. The van der Waals surface area contributed by atoms with Crippen LogP contribution in [-0.4, -0.2) is 16.1 Å². The van der Waals surface area contributed by atoms with Gasteiger partial charge in [-0.25, -0.2) is 9.38 Å². The van der Waals surface area contributed by atoms with E-state index in [4.69, 9.17) is 9.73 Å². The molecule has 2 aliphatic heterocycles. The molecule has 3 atom stereocenters. The standard InChI is InChI=1S/C22H17FN2O3S/c1-12(26)18-19-15-5-3-4-6-16(15)28-22(18,2)24-21-25(19)20(27)17(29-21)11-13-7-9-14(23)10-8-13/h3-11,18-19H,1-2H3/b17-11-/t18-,19+,22-/m0/s1. The van der Waals surface area contributed by atoms with Gasteiger partial charge >= 0.3 is 0 Å². The first-order valence-corrected chi connectivity index (χ1v) is 10.1. The van der Waals surface area contributed by atoms with Crippen molar-refractivity contribution < 1.29 is 13.9 Å². The van der Waals surface area contributed by atoms with Crippen LogP contribution in [0.4, 0.5) is 4.39 Å². The second-order valence-corrected chi connectivity index (χ2v) is 8.47. The average Bonchev–Trinajstić information content (AvgIpc) is 2.96. The van der Waals surface area contributed by atoms with Gasteiger partial charge in [0.25, 0.3) is 5.56 Å². The summed E-state index contributed by atoms with van der Waals surface area (Å²) in [7, 11) is 0. The van der Waals surface area contributed by atoms with E-state index in [2.05, 4.69) is 0 Å². The second kappa shape index (κ2) is 6.22. The average molecular weight is 408 g/mol. The van der Waals surface area contributed by atoms with Crippen molar-refractivity contribution in [2.24, 2.45) is 10.9 Å². The number of ketones is 1. The summed E-state index contributed by atoms with van der Waals surface area (Å²) in [6.07, 6.45) is 1.72. The minimum atomic E-state index is -1.07. The molecule has 0 unspecified atom stereocenters. The van der Waals surface area contributed by atoms with Crippen LogP contribution in [0.5, 0.6) is 5.75 Å². The molecule has 0 N–H and O–H groups in total. The number of para-hydroxylation sites is 1. The lowest BCUT2D eigenvalue weighted by Gasteiger charge is -2.45. The van der Waals surface area contributed by atoms with Gasteiger partial charge in [0.2, 0.25) is 5.72 Å². The van der Waals surface area contributed by atoms with Gasteiger partial charge in [-0.15, -0.1) is 0 Å². The number of benzene rings is 2. The SMILES string of the molecule is CC(=O)[C@H]1[C@H]2c3ccccc3O[C@]1(C)N=c1s/c(=C\c3ccc(F)cc3)c(=O)n12. The van der Waals surface area contributed by atoms with Crippen molar-refractivity contribution in [3.05, 3.63) is 85.2 Å². The highest BCUT2D eigenvalue weighted by molar-refractivity contribution is 7.07. The fraction of sp³-hybridized carbons (Fsp3) is 0.227. The van der Waals surface area contributed by atoms with Crippen molar-refractivity contribution in [1.82, 2.24) is 4.57 Å². The molecule has 0 spiro atoms. The molecule has 0 aliphatic carbocycles. The molecule has 5 rings (SSSR count). The monoisotopic (exact) mass is 408 g/mol. The number of hydrogen-bond donors (Lipinski definition) is 0. The number of hydrogen-bond acceptors (Lipinski definition) is 5. The van der Waals surface area contributed by atoms with Crippen molar-refractivity contribution in [3.8, 4) is 5.75 Å². The van der Waals surface area contributed by atoms with Crippen LogP contribution in [0.2, 0.25) is 0 Å². The van der Waals surface area contributed by atoms with E-state index in [0.29, 0.717) is 15.1 Å². The van der Waals surface area contributed by atoms with E-state index in [0.717, 1.165) is 11.1 Å². The summed E-state index contributed by atoms with van der Waals surface area (Å²) in [5.74, 6) is -0.382.